The minimum atomic E-state index is -0.157. The quantitative estimate of drug-likeness (QED) is 0.720. The summed E-state index contributed by atoms with van der Waals surface area (Å²) in [6.07, 6.45) is 1.18. The van der Waals surface area contributed by atoms with Crippen molar-refractivity contribution in [2.75, 3.05) is 26.2 Å². The Kier molecular flexibility index (Phi) is 4.13. The first-order valence-electron chi connectivity index (χ1n) is 6.54. The van der Waals surface area contributed by atoms with E-state index in [1.54, 1.807) is 9.80 Å². The molecule has 0 aliphatic carbocycles. The molecule has 0 unspecified atom stereocenters. The number of rotatable bonds is 2. The van der Waals surface area contributed by atoms with Gasteiger partial charge in [0.2, 0.25) is 11.8 Å². The number of piperazine rings is 1. The van der Waals surface area contributed by atoms with Gasteiger partial charge in [0.05, 0.1) is 0 Å². The molecule has 0 radical (unpaired) electrons. The van der Waals surface area contributed by atoms with Crippen molar-refractivity contribution in [1.29, 1.82) is 0 Å². The van der Waals surface area contributed by atoms with Gasteiger partial charge in [0.15, 0.2) is 0 Å². The molecule has 104 valence electrons. The molecule has 0 bridgehead atoms. The van der Waals surface area contributed by atoms with E-state index in [0.29, 0.717) is 51.2 Å². The van der Waals surface area contributed by atoms with Gasteiger partial charge in [-0.25, -0.2) is 5.43 Å². The predicted octanol–water partition coefficient (Wildman–Crippen LogP) is -0.667. The lowest BCUT2D eigenvalue weighted by Gasteiger charge is -2.35. The molecule has 0 aromatic carbocycles. The maximum absolute atomic E-state index is 12.1. The first-order chi connectivity index (χ1) is 9.11. The molecule has 0 aromatic heterocycles. The summed E-state index contributed by atoms with van der Waals surface area (Å²) in [5.41, 5.74) is 2.72. The first kappa shape index (κ1) is 13.5. The zero-order valence-electron chi connectivity index (χ0n) is 11.0. The fourth-order valence-electron chi connectivity index (χ4n) is 2.19. The fourth-order valence-corrected chi connectivity index (χ4v) is 2.19. The van der Waals surface area contributed by atoms with Crippen molar-refractivity contribution in [3.05, 3.63) is 0 Å². The lowest BCUT2D eigenvalue weighted by atomic mass is 10.1. The SMILES string of the molecule is CCC(=O)N1CCN(C(=O)C2=NNC(=O)CC2)CC1. The van der Waals surface area contributed by atoms with Gasteiger partial charge >= 0.3 is 0 Å². The van der Waals surface area contributed by atoms with Gasteiger partial charge in [0.1, 0.15) is 5.71 Å². The number of carbonyl (C=O) groups is 3. The smallest absolute Gasteiger partial charge is 0.270 e. The molecule has 3 amide bonds. The van der Waals surface area contributed by atoms with Crippen molar-refractivity contribution in [3.63, 3.8) is 0 Å². The minimum absolute atomic E-state index is 0.120. The van der Waals surface area contributed by atoms with Crippen molar-refractivity contribution < 1.29 is 14.4 Å². The second-order valence-electron chi connectivity index (χ2n) is 4.62. The molecule has 0 spiro atoms. The van der Waals surface area contributed by atoms with Crippen molar-refractivity contribution in [1.82, 2.24) is 15.2 Å². The van der Waals surface area contributed by atoms with Gasteiger partial charge in [0.25, 0.3) is 5.91 Å². The number of carbonyl (C=O) groups excluding carboxylic acids is 3. The molecule has 2 heterocycles. The molecule has 2 rings (SSSR count). The van der Waals surface area contributed by atoms with Crippen LogP contribution in [0.1, 0.15) is 26.2 Å². The van der Waals surface area contributed by atoms with Crippen LogP contribution in [0.25, 0.3) is 0 Å². The van der Waals surface area contributed by atoms with Crippen molar-refractivity contribution in [3.8, 4) is 0 Å². The Balaban J connectivity index is 1.89. The summed E-state index contributed by atoms with van der Waals surface area (Å²) in [7, 11) is 0. The predicted molar refractivity (Wildman–Crippen MR) is 68.3 cm³/mol. The number of hydrazone groups is 1. The van der Waals surface area contributed by atoms with Crippen LogP contribution in [0.15, 0.2) is 5.10 Å². The van der Waals surface area contributed by atoms with Gasteiger partial charge in [-0.05, 0) is 0 Å². The van der Waals surface area contributed by atoms with Crippen molar-refractivity contribution in [2.45, 2.75) is 26.2 Å². The second-order valence-corrected chi connectivity index (χ2v) is 4.62. The van der Waals surface area contributed by atoms with E-state index in [4.69, 9.17) is 0 Å². The van der Waals surface area contributed by atoms with Crippen LogP contribution in [0.2, 0.25) is 0 Å². The van der Waals surface area contributed by atoms with Gasteiger partial charge in [-0.15, -0.1) is 0 Å². The molecule has 1 fully saturated rings. The van der Waals surface area contributed by atoms with Crippen LogP contribution in [0.4, 0.5) is 0 Å². The molecule has 1 N–H and O–H groups in total. The number of hydrogen-bond donors (Lipinski definition) is 1. The molecule has 0 aromatic rings. The van der Waals surface area contributed by atoms with E-state index in [1.807, 2.05) is 6.92 Å². The zero-order valence-corrected chi connectivity index (χ0v) is 11.0. The van der Waals surface area contributed by atoms with Gasteiger partial charge < -0.3 is 9.80 Å². The average molecular weight is 266 g/mol. The van der Waals surface area contributed by atoms with Crippen molar-refractivity contribution in [2.24, 2.45) is 5.10 Å². The Hall–Kier alpha value is -1.92. The maximum atomic E-state index is 12.1. The monoisotopic (exact) mass is 266 g/mol. The van der Waals surface area contributed by atoms with E-state index in [0.717, 1.165) is 0 Å². The van der Waals surface area contributed by atoms with Gasteiger partial charge in [-0.1, -0.05) is 6.92 Å². The van der Waals surface area contributed by atoms with E-state index in [-0.39, 0.29) is 17.7 Å². The summed E-state index contributed by atoms with van der Waals surface area (Å²) in [6, 6.07) is 0. The number of hydrogen-bond acceptors (Lipinski definition) is 4. The second kappa shape index (κ2) is 5.81. The topological polar surface area (TPSA) is 82.1 Å². The third kappa shape index (κ3) is 3.10. The van der Waals surface area contributed by atoms with Crippen LogP contribution in [0.3, 0.4) is 0 Å². The summed E-state index contributed by atoms with van der Waals surface area (Å²) < 4.78 is 0. The number of amides is 3. The number of nitrogens with one attached hydrogen (secondary N) is 1. The fraction of sp³-hybridized carbons (Fsp3) is 0.667. The van der Waals surface area contributed by atoms with Crippen LogP contribution in [-0.2, 0) is 14.4 Å². The summed E-state index contributed by atoms with van der Waals surface area (Å²) >= 11 is 0. The molecule has 2 aliphatic heterocycles. The first-order valence-corrected chi connectivity index (χ1v) is 6.54. The molecule has 0 atom stereocenters. The van der Waals surface area contributed by atoms with E-state index in [1.165, 1.54) is 0 Å². The Labute approximate surface area is 111 Å². The Morgan fingerprint density at radius 2 is 1.79 bits per heavy atom. The highest BCUT2D eigenvalue weighted by molar-refractivity contribution is 6.39. The molecule has 7 heteroatoms. The molecule has 7 nitrogen and oxygen atoms in total. The standard InChI is InChI=1S/C12H18N4O3/c1-2-11(18)15-5-7-16(8-6-15)12(19)9-3-4-10(17)14-13-9/h2-8H2,1H3,(H,14,17). The van der Waals surface area contributed by atoms with Crippen LogP contribution in [-0.4, -0.2) is 59.4 Å². The molecular formula is C12H18N4O3. The van der Waals surface area contributed by atoms with Gasteiger partial charge in [-0.2, -0.15) is 5.10 Å². The average Bonchev–Trinajstić information content (AvgIpc) is 2.46. The molecule has 19 heavy (non-hydrogen) atoms. The summed E-state index contributed by atoms with van der Waals surface area (Å²) in [6.45, 7) is 4.02. The van der Waals surface area contributed by atoms with Crippen LogP contribution < -0.4 is 5.43 Å². The highest BCUT2D eigenvalue weighted by Crippen LogP contribution is 2.08. The minimum Gasteiger partial charge on any atom is -0.339 e. The van der Waals surface area contributed by atoms with E-state index < -0.39 is 0 Å². The maximum Gasteiger partial charge on any atom is 0.270 e. The lowest BCUT2D eigenvalue weighted by Crippen LogP contribution is -2.52. The van der Waals surface area contributed by atoms with Crippen LogP contribution in [0.5, 0.6) is 0 Å². The molecule has 2 aliphatic rings. The Morgan fingerprint density at radius 1 is 1.16 bits per heavy atom. The molecule has 1 saturated heterocycles. The Bertz CT molecular complexity index is 425. The summed E-state index contributed by atoms with van der Waals surface area (Å²) in [5.74, 6) is -0.173. The molecule has 0 saturated carbocycles. The van der Waals surface area contributed by atoms with Crippen molar-refractivity contribution >= 4 is 23.4 Å². The summed E-state index contributed by atoms with van der Waals surface area (Å²) in [4.78, 5) is 38.1. The highest BCUT2D eigenvalue weighted by Gasteiger charge is 2.27. The van der Waals surface area contributed by atoms with Crippen LogP contribution >= 0.6 is 0 Å². The highest BCUT2D eigenvalue weighted by atomic mass is 16.2. The van der Waals surface area contributed by atoms with E-state index in [9.17, 15) is 14.4 Å². The summed E-state index contributed by atoms with van der Waals surface area (Å²) in [5, 5.41) is 3.80. The normalized spacial score (nSPS) is 19.8. The van der Waals surface area contributed by atoms with E-state index >= 15 is 0 Å². The zero-order chi connectivity index (χ0) is 13.8. The number of nitrogens with zero attached hydrogens (tertiary/aromatic N) is 3. The van der Waals surface area contributed by atoms with Gasteiger partial charge in [0, 0.05) is 45.4 Å². The largest absolute Gasteiger partial charge is 0.339 e. The third-order valence-corrected chi connectivity index (χ3v) is 3.37. The van der Waals surface area contributed by atoms with Crippen LogP contribution in [0, 0.1) is 0 Å². The molecular weight excluding hydrogens is 248 g/mol. The Morgan fingerprint density at radius 3 is 2.32 bits per heavy atom. The lowest BCUT2D eigenvalue weighted by molar-refractivity contribution is -0.136. The van der Waals surface area contributed by atoms with E-state index in [2.05, 4.69) is 10.5 Å². The third-order valence-electron chi connectivity index (χ3n) is 3.37. The van der Waals surface area contributed by atoms with Gasteiger partial charge in [-0.3, -0.25) is 14.4 Å².